The van der Waals surface area contributed by atoms with E-state index >= 15 is 0 Å². The van der Waals surface area contributed by atoms with Crippen LogP contribution in [0.3, 0.4) is 0 Å². The van der Waals surface area contributed by atoms with Gasteiger partial charge in [-0.3, -0.25) is 4.79 Å². The number of carboxylic acid groups (broad SMARTS) is 1. The van der Waals surface area contributed by atoms with E-state index in [0.29, 0.717) is 24.2 Å². The lowest BCUT2D eigenvalue weighted by Crippen LogP contribution is -2.33. The summed E-state index contributed by atoms with van der Waals surface area (Å²) in [6, 6.07) is 3.31. The van der Waals surface area contributed by atoms with Gasteiger partial charge in [0, 0.05) is 12.2 Å². The number of nitrogens with zero attached hydrogens (tertiary/aromatic N) is 1. The summed E-state index contributed by atoms with van der Waals surface area (Å²) in [6.45, 7) is 0.603. The summed E-state index contributed by atoms with van der Waals surface area (Å²) in [7, 11) is 0. The minimum Gasteiger partial charge on any atom is -0.478 e. The minimum atomic E-state index is -0.888. The summed E-state index contributed by atoms with van der Waals surface area (Å²) < 4.78 is 0. The summed E-state index contributed by atoms with van der Waals surface area (Å²) in [5.41, 5.74) is 1.10. The molecule has 0 radical (unpaired) electrons. The van der Waals surface area contributed by atoms with E-state index in [-0.39, 0.29) is 11.8 Å². The predicted octanol–water partition coefficient (Wildman–Crippen LogP) is 1.91. The molecule has 0 saturated heterocycles. The number of thiophene rings is 1. The third-order valence-electron chi connectivity index (χ3n) is 3.28. The molecule has 0 amide bonds. The standard InChI is InChI=1S/C13H11NO3S/c15-12(11-2-1-7-18-11)10-4-3-9-8(13(16)17)5-6-14(9)10/h1-4,7,10H,5-6H2,(H,16,17). The Morgan fingerprint density at radius 3 is 2.94 bits per heavy atom. The number of carboxylic acids is 1. The van der Waals surface area contributed by atoms with Gasteiger partial charge in [0.05, 0.1) is 10.5 Å². The monoisotopic (exact) mass is 261 g/mol. The van der Waals surface area contributed by atoms with Crippen molar-refractivity contribution in [2.24, 2.45) is 0 Å². The lowest BCUT2D eigenvalue weighted by atomic mass is 10.1. The molecule has 1 aromatic rings. The fourth-order valence-corrected chi connectivity index (χ4v) is 3.13. The molecule has 5 heteroatoms. The highest BCUT2D eigenvalue weighted by atomic mass is 32.1. The van der Waals surface area contributed by atoms with E-state index in [1.54, 1.807) is 18.2 Å². The van der Waals surface area contributed by atoms with Gasteiger partial charge in [0.2, 0.25) is 0 Å². The number of fused-ring (bicyclic) bond motifs is 1. The first-order valence-corrected chi connectivity index (χ1v) is 6.55. The van der Waals surface area contributed by atoms with Crippen LogP contribution in [-0.2, 0) is 4.79 Å². The molecule has 3 rings (SSSR count). The lowest BCUT2D eigenvalue weighted by molar-refractivity contribution is -0.132. The van der Waals surface area contributed by atoms with Crippen molar-refractivity contribution in [3.63, 3.8) is 0 Å². The maximum Gasteiger partial charge on any atom is 0.333 e. The van der Waals surface area contributed by atoms with Crippen molar-refractivity contribution in [1.29, 1.82) is 0 Å². The Kier molecular flexibility index (Phi) is 2.56. The van der Waals surface area contributed by atoms with E-state index in [2.05, 4.69) is 0 Å². The second-order valence-corrected chi connectivity index (χ2v) is 5.21. The molecule has 1 N–H and O–H groups in total. The van der Waals surface area contributed by atoms with Gasteiger partial charge in [-0.2, -0.15) is 0 Å². The van der Waals surface area contributed by atoms with Gasteiger partial charge in [-0.15, -0.1) is 11.3 Å². The van der Waals surface area contributed by atoms with Gasteiger partial charge >= 0.3 is 5.97 Å². The third kappa shape index (κ3) is 1.59. The van der Waals surface area contributed by atoms with Crippen molar-refractivity contribution in [1.82, 2.24) is 4.90 Å². The normalized spacial score (nSPS) is 21.6. The largest absolute Gasteiger partial charge is 0.478 e. The Morgan fingerprint density at radius 1 is 1.44 bits per heavy atom. The van der Waals surface area contributed by atoms with E-state index in [1.807, 2.05) is 16.3 Å². The van der Waals surface area contributed by atoms with Crippen LogP contribution >= 0.6 is 11.3 Å². The number of rotatable bonds is 3. The van der Waals surface area contributed by atoms with E-state index in [0.717, 1.165) is 4.88 Å². The highest BCUT2D eigenvalue weighted by Crippen LogP contribution is 2.33. The summed E-state index contributed by atoms with van der Waals surface area (Å²) in [5, 5.41) is 10.9. The number of allylic oxidation sites excluding steroid dienone is 1. The number of carbonyl (C=O) groups excluding carboxylic acids is 1. The highest BCUT2D eigenvalue weighted by molar-refractivity contribution is 7.12. The summed E-state index contributed by atoms with van der Waals surface area (Å²) in [4.78, 5) is 25.9. The topological polar surface area (TPSA) is 57.6 Å². The first-order chi connectivity index (χ1) is 8.68. The first-order valence-electron chi connectivity index (χ1n) is 5.67. The van der Waals surface area contributed by atoms with Crippen LogP contribution in [0.25, 0.3) is 0 Å². The maximum atomic E-state index is 12.3. The van der Waals surface area contributed by atoms with Gasteiger partial charge in [-0.05, 0) is 23.9 Å². The van der Waals surface area contributed by atoms with Crippen LogP contribution in [0.5, 0.6) is 0 Å². The zero-order valence-corrected chi connectivity index (χ0v) is 10.3. The quantitative estimate of drug-likeness (QED) is 0.844. The number of hydrogen-bond acceptors (Lipinski definition) is 4. The zero-order valence-electron chi connectivity index (χ0n) is 9.50. The zero-order chi connectivity index (χ0) is 12.7. The molecule has 2 aliphatic rings. The first kappa shape index (κ1) is 11.2. The third-order valence-corrected chi connectivity index (χ3v) is 4.17. The Hall–Kier alpha value is -1.88. The minimum absolute atomic E-state index is 0.0443. The Bertz CT molecular complexity index is 571. The van der Waals surface area contributed by atoms with E-state index in [9.17, 15) is 9.59 Å². The fourth-order valence-electron chi connectivity index (χ4n) is 2.44. The number of hydrogen-bond donors (Lipinski definition) is 1. The molecule has 4 nitrogen and oxygen atoms in total. The van der Waals surface area contributed by atoms with Crippen molar-refractivity contribution < 1.29 is 14.7 Å². The van der Waals surface area contributed by atoms with Crippen molar-refractivity contribution in [2.75, 3.05) is 6.54 Å². The van der Waals surface area contributed by atoms with Crippen molar-refractivity contribution >= 4 is 23.1 Å². The van der Waals surface area contributed by atoms with Gasteiger partial charge < -0.3 is 10.0 Å². The van der Waals surface area contributed by atoms with Gasteiger partial charge in [-0.25, -0.2) is 4.79 Å². The van der Waals surface area contributed by atoms with Crippen LogP contribution in [0, 0.1) is 0 Å². The van der Waals surface area contributed by atoms with Gasteiger partial charge in [0.15, 0.2) is 5.78 Å². The smallest absolute Gasteiger partial charge is 0.333 e. The molecule has 0 spiro atoms. The molecule has 0 fully saturated rings. The maximum absolute atomic E-state index is 12.3. The number of Topliss-reactive ketones (excluding diaryl/α,β-unsaturated/α-hetero) is 1. The number of aliphatic carboxylic acids is 1. The van der Waals surface area contributed by atoms with Crippen molar-refractivity contribution in [3.05, 3.63) is 45.8 Å². The second-order valence-electron chi connectivity index (χ2n) is 4.26. The Morgan fingerprint density at radius 2 is 2.28 bits per heavy atom. The van der Waals surface area contributed by atoms with Crippen LogP contribution < -0.4 is 0 Å². The Labute approximate surface area is 108 Å². The molecule has 1 atom stereocenters. The molecule has 18 heavy (non-hydrogen) atoms. The molecule has 2 aliphatic heterocycles. The molecule has 92 valence electrons. The summed E-state index contributed by atoms with van der Waals surface area (Å²) in [5.74, 6) is -0.843. The van der Waals surface area contributed by atoms with E-state index < -0.39 is 5.97 Å². The van der Waals surface area contributed by atoms with Gasteiger partial charge in [0.25, 0.3) is 0 Å². The average molecular weight is 261 g/mol. The fraction of sp³-hybridized carbons (Fsp3) is 0.231. The van der Waals surface area contributed by atoms with E-state index in [1.165, 1.54) is 11.3 Å². The summed E-state index contributed by atoms with van der Waals surface area (Å²) >= 11 is 1.42. The highest BCUT2D eigenvalue weighted by Gasteiger charge is 2.36. The molecular weight excluding hydrogens is 250 g/mol. The van der Waals surface area contributed by atoms with Crippen LogP contribution in [-0.4, -0.2) is 34.3 Å². The van der Waals surface area contributed by atoms with Crippen LogP contribution in [0.2, 0.25) is 0 Å². The molecular formula is C13H11NO3S. The molecule has 1 unspecified atom stereocenters. The number of ketones is 1. The summed E-state index contributed by atoms with van der Waals surface area (Å²) in [6.07, 6.45) is 4.05. The van der Waals surface area contributed by atoms with Crippen molar-refractivity contribution in [2.45, 2.75) is 12.5 Å². The van der Waals surface area contributed by atoms with Gasteiger partial charge in [0.1, 0.15) is 6.04 Å². The van der Waals surface area contributed by atoms with Crippen LogP contribution in [0.1, 0.15) is 16.1 Å². The van der Waals surface area contributed by atoms with E-state index in [4.69, 9.17) is 5.11 Å². The molecule has 0 aromatic carbocycles. The molecule has 3 heterocycles. The van der Waals surface area contributed by atoms with Crippen LogP contribution in [0.4, 0.5) is 0 Å². The molecule has 0 aliphatic carbocycles. The number of carbonyl (C=O) groups is 2. The predicted molar refractivity (Wildman–Crippen MR) is 67.6 cm³/mol. The van der Waals surface area contributed by atoms with Crippen LogP contribution in [0.15, 0.2) is 40.9 Å². The molecule has 0 bridgehead atoms. The SMILES string of the molecule is O=C(O)C1=C2C=CC(C(=O)c3cccs3)N2CC1. The van der Waals surface area contributed by atoms with Gasteiger partial charge in [-0.1, -0.05) is 12.1 Å². The lowest BCUT2D eigenvalue weighted by Gasteiger charge is -2.21. The Balaban J connectivity index is 1.90. The molecule has 1 aromatic heterocycles. The molecule has 0 saturated carbocycles. The van der Waals surface area contributed by atoms with Crippen molar-refractivity contribution in [3.8, 4) is 0 Å². The average Bonchev–Trinajstić information content (AvgIpc) is 3.04. The second kappa shape index (κ2) is 4.10.